The molecule has 0 heterocycles. The van der Waals surface area contributed by atoms with Crippen molar-refractivity contribution < 1.29 is 9.90 Å². The Hall–Kier alpha value is -0.220. The molecule has 7 heavy (non-hydrogen) atoms. The lowest BCUT2D eigenvalue weighted by Gasteiger charge is -1.91. The van der Waals surface area contributed by atoms with Crippen molar-refractivity contribution >= 4 is 18.6 Å². The fourth-order valence-corrected chi connectivity index (χ4v) is 0.274. The molecular formula is C3H9NO2S. The fourth-order valence-electron chi connectivity index (χ4n) is 0.0913. The zero-order valence-corrected chi connectivity index (χ0v) is 5.07. The predicted octanol–water partition coefficient (Wildman–Crippen LogP) is -0.568. The first-order chi connectivity index (χ1) is 2.77. The van der Waals surface area contributed by atoms with Crippen molar-refractivity contribution in [2.75, 3.05) is 5.75 Å². The first kappa shape index (κ1) is 9.91. The summed E-state index contributed by atoms with van der Waals surface area (Å²) in [7, 11) is 0. The highest BCUT2D eigenvalue weighted by molar-refractivity contribution is 7.80. The van der Waals surface area contributed by atoms with E-state index in [0.717, 1.165) is 0 Å². The van der Waals surface area contributed by atoms with Gasteiger partial charge in [0.1, 0.15) is 0 Å². The Morgan fingerprint density at radius 3 is 2.14 bits per heavy atom. The van der Waals surface area contributed by atoms with Gasteiger partial charge in [-0.25, -0.2) is 0 Å². The molecular weight excluding hydrogens is 114 g/mol. The number of aliphatic carboxylic acids is 1. The maximum absolute atomic E-state index is 9.44. The van der Waals surface area contributed by atoms with Gasteiger partial charge in [0.25, 0.3) is 0 Å². The first-order valence-corrected chi connectivity index (χ1v) is 2.21. The van der Waals surface area contributed by atoms with E-state index < -0.39 is 5.97 Å². The Labute approximate surface area is 47.7 Å². The first-order valence-electron chi connectivity index (χ1n) is 1.58. The molecule has 0 aromatic carbocycles. The maximum Gasteiger partial charge on any atom is 0.0422 e. The number of rotatable bonds is 2. The minimum absolute atomic E-state index is 0. The molecule has 0 unspecified atom stereocenters. The lowest BCUT2D eigenvalue weighted by Crippen LogP contribution is -2.21. The number of carboxylic acids is 1. The molecule has 0 rings (SSSR count). The maximum atomic E-state index is 9.44. The van der Waals surface area contributed by atoms with Gasteiger partial charge in [0, 0.05) is 5.97 Å². The third-order valence-electron chi connectivity index (χ3n) is 0.316. The zero-order valence-electron chi connectivity index (χ0n) is 4.18. The molecule has 0 radical (unpaired) electrons. The molecule has 0 atom stereocenters. The molecule has 0 aliphatic heterocycles. The second-order valence-electron chi connectivity index (χ2n) is 0.846. The van der Waals surface area contributed by atoms with E-state index in [2.05, 4.69) is 12.6 Å². The molecule has 0 bridgehead atoms. The smallest absolute Gasteiger partial charge is 0.0422 e. The molecule has 3 nitrogen and oxygen atoms in total. The van der Waals surface area contributed by atoms with Crippen molar-refractivity contribution in [1.29, 1.82) is 0 Å². The number of carboxylic acid groups (broad SMARTS) is 1. The number of thiol groups is 1. The van der Waals surface area contributed by atoms with Crippen LogP contribution in [-0.2, 0) is 4.79 Å². The van der Waals surface area contributed by atoms with Gasteiger partial charge in [-0.2, -0.15) is 12.6 Å². The second kappa shape index (κ2) is 5.78. The summed E-state index contributed by atoms with van der Waals surface area (Å²) in [6.45, 7) is 0. The topological polar surface area (TPSA) is 76.6 Å². The molecule has 0 aromatic heterocycles. The van der Waals surface area contributed by atoms with Crippen LogP contribution in [0.1, 0.15) is 6.42 Å². The lowest BCUT2D eigenvalue weighted by atomic mass is 10.5. The van der Waals surface area contributed by atoms with Crippen LogP contribution < -0.4 is 11.3 Å². The van der Waals surface area contributed by atoms with Gasteiger partial charge in [0.05, 0.1) is 0 Å². The van der Waals surface area contributed by atoms with Crippen LogP contribution in [0.15, 0.2) is 0 Å². The number of hydrogen-bond acceptors (Lipinski definition) is 3. The average Bonchev–Trinajstić information content (AvgIpc) is 1.35. The summed E-state index contributed by atoms with van der Waals surface area (Å²) < 4.78 is 0. The summed E-state index contributed by atoms with van der Waals surface area (Å²) >= 11 is 3.64. The highest BCUT2D eigenvalue weighted by Crippen LogP contribution is 1.77. The molecule has 0 spiro atoms. The summed E-state index contributed by atoms with van der Waals surface area (Å²) in [6, 6.07) is 0. The van der Waals surface area contributed by atoms with Gasteiger partial charge in [-0.05, 0) is 12.2 Å². The van der Waals surface area contributed by atoms with E-state index in [1.807, 2.05) is 0 Å². The molecule has 0 aliphatic carbocycles. The van der Waals surface area contributed by atoms with Crippen LogP contribution in [0, 0.1) is 0 Å². The average molecular weight is 123 g/mol. The molecule has 4 N–H and O–H groups in total. The Balaban J connectivity index is 0. The molecule has 4 heteroatoms. The summed E-state index contributed by atoms with van der Waals surface area (Å²) in [5.74, 6) is -0.674. The SMILES string of the molecule is O=C([O-])CCS.[NH4+]. The van der Waals surface area contributed by atoms with Crippen LogP contribution in [-0.4, -0.2) is 11.7 Å². The van der Waals surface area contributed by atoms with E-state index in [0.29, 0.717) is 5.75 Å². The van der Waals surface area contributed by atoms with Crippen LogP contribution in [0.25, 0.3) is 0 Å². The minimum atomic E-state index is -1.04. The molecule has 0 saturated heterocycles. The molecule has 0 saturated carbocycles. The summed E-state index contributed by atoms with van der Waals surface area (Å²) in [6.07, 6.45) is 0.0448. The molecule has 0 aromatic rings. The van der Waals surface area contributed by atoms with E-state index in [1.54, 1.807) is 0 Å². The van der Waals surface area contributed by atoms with Gasteiger partial charge < -0.3 is 16.1 Å². The zero-order chi connectivity index (χ0) is 4.99. The summed E-state index contributed by atoms with van der Waals surface area (Å²) in [5, 5.41) is 9.44. The number of quaternary nitrogens is 1. The van der Waals surface area contributed by atoms with Crippen LogP contribution >= 0.6 is 12.6 Å². The Morgan fingerprint density at radius 1 is 1.71 bits per heavy atom. The van der Waals surface area contributed by atoms with E-state index in [-0.39, 0.29) is 12.6 Å². The molecule has 0 aliphatic rings. The van der Waals surface area contributed by atoms with Crippen LogP contribution in [0.4, 0.5) is 0 Å². The monoisotopic (exact) mass is 123 g/mol. The largest absolute Gasteiger partial charge is 0.550 e. The summed E-state index contributed by atoms with van der Waals surface area (Å²) in [4.78, 5) is 9.44. The van der Waals surface area contributed by atoms with E-state index in [4.69, 9.17) is 0 Å². The minimum Gasteiger partial charge on any atom is -0.550 e. The predicted molar refractivity (Wildman–Crippen MR) is 29.5 cm³/mol. The van der Waals surface area contributed by atoms with E-state index in [1.165, 1.54) is 0 Å². The van der Waals surface area contributed by atoms with Crippen LogP contribution in [0.2, 0.25) is 0 Å². The molecule has 0 fully saturated rings. The summed E-state index contributed by atoms with van der Waals surface area (Å²) in [5.41, 5.74) is 0. The molecule has 0 amide bonds. The van der Waals surface area contributed by atoms with Gasteiger partial charge in [-0.1, -0.05) is 0 Å². The van der Waals surface area contributed by atoms with Crippen molar-refractivity contribution in [3.63, 3.8) is 0 Å². The highest BCUT2D eigenvalue weighted by atomic mass is 32.1. The number of carbonyl (C=O) groups is 1. The van der Waals surface area contributed by atoms with Gasteiger partial charge in [0.2, 0.25) is 0 Å². The van der Waals surface area contributed by atoms with Crippen LogP contribution in [0.3, 0.4) is 0 Å². The third-order valence-corrected chi connectivity index (χ3v) is 0.540. The van der Waals surface area contributed by atoms with E-state index in [9.17, 15) is 9.90 Å². The fraction of sp³-hybridized carbons (Fsp3) is 0.667. The normalized spacial score (nSPS) is 7.00. The second-order valence-corrected chi connectivity index (χ2v) is 1.29. The third kappa shape index (κ3) is 10.7. The Kier molecular flexibility index (Phi) is 8.19. The highest BCUT2D eigenvalue weighted by Gasteiger charge is 1.75. The molecule has 44 valence electrons. The van der Waals surface area contributed by atoms with Crippen molar-refractivity contribution in [3.8, 4) is 0 Å². The van der Waals surface area contributed by atoms with E-state index >= 15 is 0 Å². The number of carbonyl (C=O) groups excluding carboxylic acids is 1. The van der Waals surface area contributed by atoms with Gasteiger partial charge in [-0.3, -0.25) is 0 Å². The van der Waals surface area contributed by atoms with Crippen molar-refractivity contribution in [3.05, 3.63) is 0 Å². The standard InChI is InChI=1S/C3H6O2S.H3N/c4-3(5)1-2-6;/h6H,1-2H2,(H,4,5);1H3. The quantitative estimate of drug-likeness (QED) is 0.482. The Bertz CT molecular complexity index is 56.9. The number of hydrogen-bond donors (Lipinski definition) is 2. The van der Waals surface area contributed by atoms with Crippen molar-refractivity contribution in [2.45, 2.75) is 6.42 Å². The Morgan fingerprint density at radius 2 is 2.14 bits per heavy atom. The van der Waals surface area contributed by atoms with Gasteiger partial charge in [0.15, 0.2) is 0 Å². The van der Waals surface area contributed by atoms with Gasteiger partial charge in [-0.15, -0.1) is 0 Å². The van der Waals surface area contributed by atoms with Gasteiger partial charge >= 0.3 is 0 Å². The van der Waals surface area contributed by atoms with Crippen molar-refractivity contribution in [2.24, 2.45) is 0 Å². The van der Waals surface area contributed by atoms with Crippen molar-refractivity contribution in [1.82, 2.24) is 6.15 Å². The lowest BCUT2D eigenvalue weighted by molar-refractivity contribution is -0.305. The van der Waals surface area contributed by atoms with Crippen LogP contribution in [0.5, 0.6) is 0 Å².